The number of aryl methyl sites for hydroxylation is 2. The molecule has 3 aromatic rings. The van der Waals surface area contributed by atoms with Crippen molar-refractivity contribution >= 4 is 27.4 Å². The Morgan fingerprint density at radius 1 is 0.870 bits per heavy atom. The number of rotatable bonds is 18. The maximum absolute atomic E-state index is 13.9. The molecule has 0 radical (unpaired) electrons. The molecule has 2 aromatic carbocycles. The van der Waals surface area contributed by atoms with Crippen molar-refractivity contribution in [3.05, 3.63) is 101 Å². The number of benzene rings is 2. The summed E-state index contributed by atoms with van der Waals surface area (Å²) in [6.07, 6.45) is 13.3. The minimum atomic E-state index is -3.60. The quantitative estimate of drug-likeness (QED) is 0.115. The molecule has 1 fully saturated rings. The molecular weight excluding hydrogens is 596 g/mol. The van der Waals surface area contributed by atoms with Gasteiger partial charge in [0.25, 0.3) is 0 Å². The van der Waals surface area contributed by atoms with Crippen LogP contribution in [0.1, 0.15) is 86.5 Å². The van der Waals surface area contributed by atoms with Crippen LogP contribution < -0.4 is 11.1 Å². The molecule has 8 nitrogen and oxygen atoms in total. The summed E-state index contributed by atoms with van der Waals surface area (Å²) in [5.74, 6) is -1.03. The Kier molecular flexibility index (Phi) is 13.5. The van der Waals surface area contributed by atoms with E-state index in [2.05, 4.69) is 10.3 Å². The zero-order valence-corrected chi connectivity index (χ0v) is 27.5. The third-order valence-corrected chi connectivity index (χ3v) is 10.7. The Hall–Kier alpha value is -3.85. The van der Waals surface area contributed by atoms with E-state index in [0.29, 0.717) is 49.1 Å². The lowest BCUT2D eigenvalue weighted by atomic mass is 9.84. The number of amides is 1. The molecule has 0 unspecified atom stereocenters. The van der Waals surface area contributed by atoms with E-state index in [-0.39, 0.29) is 35.5 Å². The molecular formula is C37H48N4O4S. The van der Waals surface area contributed by atoms with E-state index in [1.807, 2.05) is 42.5 Å². The Labute approximate surface area is 274 Å². The minimum absolute atomic E-state index is 0.00534. The number of nitrogens with zero attached hydrogens (tertiary/aromatic N) is 1. The predicted molar refractivity (Wildman–Crippen MR) is 183 cm³/mol. The molecule has 246 valence electrons. The van der Waals surface area contributed by atoms with Crippen molar-refractivity contribution in [3.8, 4) is 0 Å². The standard InChI is InChI=1S/C37H48N4O4S/c38-36(39)32-18-14-30(15-19-32)17-21-35(42)34(20-16-28-8-3-1-4-9-28)41-37(43)33(13-7-12-29-22-24-40-25-23-29)27-46(44,45)26-31-10-5-2-6-11-31/h2,5-6,10-11,14-15,18-19,22-25,28,33-34H,1,3-4,7-9,12-13,16-17,20-21,26-27H2,(H3,38,39)(H,41,43)/t33-,34-/m0/s1. The zero-order chi connectivity index (χ0) is 32.8. The number of hydrogen-bond acceptors (Lipinski definition) is 6. The van der Waals surface area contributed by atoms with E-state index in [4.69, 9.17) is 11.1 Å². The maximum atomic E-state index is 13.9. The molecule has 1 aliphatic carbocycles. The summed E-state index contributed by atoms with van der Waals surface area (Å²) in [6, 6.07) is 19.5. The predicted octanol–water partition coefficient (Wildman–Crippen LogP) is 5.97. The van der Waals surface area contributed by atoms with Crippen LogP contribution in [0.15, 0.2) is 79.1 Å². The Bertz CT molecular complexity index is 1510. The fourth-order valence-corrected chi connectivity index (χ4v) is 8.11. The number of hydrogen-bond donors (Lipinski definition) is 3. The van der Waals surface area contributed by atoms with Crippen LogP contribution in [0.4, 0.5) is 0 Å². The molecule has 9 heteroatoms. The van der Waals surface area contributed by atoms with Gasteiger partial charge in [-0.3, -0.25) is 20.0 Å². The van der Waals surface area contributed by atoms with E-state index < -0.39 is 21.8 Å². The van der Waals surface area contributed by atoms with Gasteiger partial charge in [-0.15, -0.1) is 0 Å². The lowest BCUT2D eigenvalue weighted by Gasteiger charge is -2.26. The SMILES string of the molecule is N=C(N)c1ccc(CCC(=O)[C@H](CCC2CCCCC2)NC(=O)[C@@H](CCCc2ccncc2)CS(=O)(=O)Cc2ccccc2)cc1. The van der Waals surface area contributed by atoms with Crippen LogP contribution in [0.3, 0.4) is 0 Å². The van der Waals surface area contributed by atoms with E-state index >= 15 is 0 Å². The molecule has 4 N–H and O–H groups in total. The molecule has 2 atom stereocenters. The lowest BCUT2D eigenvalue weighted by molar-refractivity contribution is -0.130. The average molecular weight is 645 g/mol. The van der Waals surface area contributed by atoms with Gasteiger partial charge in [0.15, 0.2) is 15.6 Å². The second-order valence-corrected chi connectivity index (χ2v) is 14.8. The molecule has 1 saturated carbocycles. The van der Waals surface area contributed by atoms with E-state index in [0.717, 1.165) is 30.4 Å². The first kappa shape index (κ1) is 35.0. The number of nitrogens with two attached hydrogens (primary N) is 1. The van der Waals surface area contributed by atoms with E-state index in [1.165, 1.54) is 19.3 Å². The van der Waals surface area contributed by atoms with Gasteiger partial charge < -0.3 is 11.1 Å². The second kappa shape index (κ2) is 17.7. The third kappa shape index (κ3) is 11.8. The Morgan fingerprint density at radius 2 is 1.54 bits per heavy atom. The molecule has 1 aromatic heterocycles. The summed E-state index contributed by atoms with van der Waals surface area (Å²) in [6.45, 7) is 0. The minimum Gasteiger partial charge on any atom is -0.384 e. The first-order valence-corrected chi connectivity index (χ1v) is 18.4. The van der Waals surface area contributed by atoms with Crippen LogP contribution in [0, 0.1) is 17.2 Å². The summed E-state index contributed by atoms with van der Waals surface area (Å²) >= 11 is 0. The second-order valence-electron chi connectivity index (χ2n) is 12.7. The molecule has 0 bridgehead atoms. The van der Waals surface area contributed by atoms with Crippen molar-refractivity contribution in [1.29, 1.82) is 5.41 Å². The van der Waals surface area contributed by atoms with Crippen molar-refractivity contribution < 1.29 is 18.0 Å². The van der Waals surface area contributed by atoms with Gasteiger partial charge in [0, 0.05) is 24.4 Å². The first-order chi connectivity index (χ1) is 22.2. The largest absolute Gasteiger partial charge is 0.384 e. The van der Waals surface area contributed by atoms with Crippen LogP contribution in [0.2, 0.25) is 0 Å². The van der Waals surface area contributed by atoms with Crippen LogP contribution >= 0.6 is 0 Å². The van der Waals surface area contributed by atoms with Gasteiger partial charge in [-0.25, -0.2) is 8.42 Å². The number of aromatic nitrogens is 1. The number of amidine groups is 1. The van der Waals surface area contributed by atoms with Crippen LogP contribution in [0.5, 0.6) is 0 Å². The number of nitrogen functional groups attached to an aromatic ring is 1. The maximum Gasteiger partial charge on any atom is 0.224 e. The van der Waals surface area contributed by atoms with Gasteiger partial charge in [0.1, 0.15) is 5.84 Å². The molecule has 46 heavy (non-hydrogen) atoms. The zero-order valence-electron chi connectivity index (χ0n) is 26.7. The Morgan fingerprint density at radius 3 is 2.22 bits per heavy atom. The summed E-state index contributed by atoms with van der Waals surface area (Å²) in [4.78, 5) is 31.6. The van der Waals surface area contributed by atoms with Gasteiger partial charge >= 0.3 is 0 Å². The topological polar surface area (TPSA) is 143 Å². The van der Waals surface area contributed by atoms with Gasteiger partial charge in [0.2, 0.25) is 5.91 Å². The Balaban J connectivity index is 1.46. The van der Waals surface area contributed by atoms with Crippen LogP contribution in [-0.2, 0) is 38.0 Å². The molecule has 1 amide bonds. The fourth-order valence-electron chi connectivity index (χ4n) is 6.36. The molecule has 0 aliphatic heterocycles. The highest BCUT2D eigenvalue weighted by Gasteiger charge is 2.30. The van der Waals surface area contributed by atoms with Crippen LogP contribution in [0.25, 0.3) is 0 Å². The normalized spacial score (nSPS) is 15.1. The number of Topliss-reactive ketones (excluding diaryl/α,β-unsaturated/α-hetero) is 1. The van der Waals surface area contributed by atoms with E-state index in [9.17, 15) is 18.0 Å². The summed E-state index contributed by atoms with van der Waals surface area (Å²) in [7, 11) is -3.60. The van der Waals surface area contributed by atoms with Crippen LogP contribution in [-0.4, -0.2) is 42.7 Å². The molecule has 0 spiro atoms. The first-order valence-electron chi connectivity index (χ1n) is 16.6. The van der Waals surface area contributed by atoms with Crippen molar-refractivity contribution in [2.75, 3.05) is 5.75 Å². The summed E-state index contributed by atoms with van der Waals surface area (Å²) in [5, 5.41) is 10.6. The number of sulfone groups is 1. The smallest absolute Gasteiger partial charge is 0.224 e. The number of carbonyl (C=O) groups is 2. The van der Waals surface area contributed by atoms with Crippen molar-refractivity contribution in [3.63, 3.8) is 0 Å². The van der Waals surface area contributed by atoms with Crippen molar-refractivity contribution in [2.45, 2.75) is 88.8 Å². The number of pyridine rings is 1. The fraction of sp³-hybridized carbons (Fsp3) is 0.459. The highest BCUT2D eigenvalue weighted by atomic mass is 32.2. The lowest BCUT2D eigenvalue weighted by Crippen LogP contribution is -2.45. The number of nitrogens with one attached hydrogen (secondary N) is 2. The summed E-state index contributed by atoms with van der Waals surface area (Å²) < 4.78 is 26.7. The highest BCUT2D eigenvalue weighted by Crippen LogP contribution is 2.28. The number of carbonyl (C=O) groups excluding carboxylic acids is 2. The van der Waals surface area contributed by atoms with Gasteiger partial charge in [-0.05, 0) is 73.3 Å². The third-order valence-electron chi connectivity index (χ3n) is 9.04. The van der Waals surface area contributed by atoms with Crippen molar-refractivity contribution in [2.24, 2.45) is 17.6 Å². The summed E-state index contributed by atoms with van der Waals surface area (Å²) in [5.41, 5.74) is 8.93. The van der Waals surface area contributed by atoms with Gasteiger partial charge in [-0.2, -0.15) is 0 Å². The number of ketones is 1. The molecule has 0 saturated heterocycles. The molecule has 1 heterocycles. The highest BCUT2D eigenvalue weighted by molar-refractivity contribution is 7.90. The molecule has 1 aliphatic rings. The molecule has 4 rings (SSSR count). The monoisotopic (exact) mass is 644 g/mol. The van der Waals surface area contributed by atoms with E-state index in [1.54, 1.807) is 36.7 Å². The van der Waals surface area contributed by atoms with Gasteiger partial charge in [0.05, 0.1) is 23.5 Å². The van der Waals surface area contributed by atoms with Crippen molar-refractivity contribution in [1.82, 2.24) is 10.3 Å². The average Bonchev–Trinajstić information content (AvgIpc) is 3.06. The van der Waals surface area contributed by atoms with Gasteiger partial charge in [-0.1, -0.05) is 86.7 Å².